The molecular formula is C34H47ClN2O6S. The molecule has 2 heterocycles. The second-order valence-electron chi connectivity index (χ2n) is 13.9. The minimum absolute atomic E-state index is 0.0216. The van der Waals surface area contributed by atoms with E-state index in [2.05, 4.69) is 28.7 Å². The van der Waals surface area contributed by atoms with Gasteiger partial charge < -0.3 is 14.7 Å². The smallest absolute Gasteiger partial charge is 0.303 e. The number of carbonyl (C=O) groups is 2. The maximum absolute atomic E-state index is 13.4. The first kappa shape index (κ1) is 32.9. The van der Waals surface area contributed by atoms with Crippen molar-refractivity contribution in [3.05, 3.63) is 47.0 Å². The van der Waals surface area contributed by atoms with Crippen LogP contribution in [0.25, 0.3) is 0 Å². The molecule has 242 valence electrons. The molecule has 8 nitrogen and oxygen atoms in total. The average Bonchev–Trinajstić information content (AvgIpc) is 2.97. The van der Waals surface area contributed by atoms with Crippen molar-refractivity contribution >= 4 is 39.2 Å². The van der Waals surface area contributed by atoms with E-state index >= 15 is 0 Å². The van der Waals surface area contributed by atoms with Gasteiger partial charge in [-0.05, 0) is 106 Å². The number of carboxylic acids is 1. The van der Waals surface area contributed by atoms with Crippen LogP contribution < -0.4 is 14.4 Å². The van der Waals surface area contributed by atoms with Gasteiger partial charge in [0.2, 0.25) is 10.0 Å². The molecule has 0 saturated heterocycles. The van der Waals surface area contributed by atoms with Crippen molar-refractivity contribution in [1.82, 2.24) is 4.72 Å². The normalized spacial score (nSPS) is 34.5. The monoisotopic (exact) mass is 646 g/mol. The maximum Gasteiger partial charge on any atom is 0.303 e. The minimum atomic E-state index is -4.00. The molecular weight excluding hydrogens is 600 g/mol. The number of hydrogen-bond donors (Lipinski definition) is 2. The largest absolute Gasteiger partial charge is 0.490 e. The number of aliphatic carboxylic acids is 1. The van der Waals surface area contributed by atoms with E-state index < -0.39 is 27.1 Å². The number of hydrogen-bond acceptors (Lipinski definition) is 6. The molecule has 0 aromatic heterocycles. The van der Waals surface area contributed by atoms with E-state index in [-0.39, 0.29) is 35.2 Å². The second kappa shape index (κ2) is 13.5. The molecule has 5 rings (SSSR count). The molecule has 1 amide bonds. The number of carbonyl (C=O) groups excluding carboxylic acids is 1. The van der Waals surface area contributed by atoms with E-state index in [1.165, 1.54) is 0 Å². The number of allylic oxidation sites excluding steroid dienone is 3. The fraction of sp³-hybridized carbons (Fsp3) is 0.647. The van der Waals surface area contributed by atoms with Gasteiger partial charge in [0.1, 0.15) is 5.75 Å². The molecule has 1 aromatic carbocycles. The molecule has 2 aliphatic heterocycles. The van der Waals surface area contributed by atoms with E-state index in [1.807, 2.05) is 13.0 Å². The van der Waals surface area contributed by atoms with Gasteiger partial charge in [-0.2, -0.15) is 0 Å². The fourth-order valence-electron chi connectivity index (χ4n) is 7.48. The minimum Gasteiger partial charge on any atom is -0.490 e. The van der Waals surface area contributed by atoms with Gasteiger partial charge in [0.05, 0.1) is 17.5 Å². The van der Waals surface area contributed by atoms with Gasteiger partial charge >= 0.3 is 5.97 Å². The summed E-state index contributed by atoms with van der Waals surface area (Å²) in [5.74, 6) is -0.0679. The van der Waals surface area contributed by atoms with E-state index in [1.54, 1.807) is 25.1 Å². The Morgan fingerprint density at radius 2 is 1.89 bits per heavy atom. The second-order valence-corrected chi connectivity index (χ2v) is 16.4. The molecule has 1 fully saturated rings. The van der Waals surface area contributed by atoms with E-state index in [4.69, 9.17) is 16.3 Å². The Bertz CT molecular complexity index is 1410. The van der Waals surface area contributed by atoms with Crippen LogP contribution in [-0.2, 0) is 14.8 Å². The number of fused-ring (bicyclic) bond motifs is 3. The Morgan fingerprint density at radius 1 is 1.14 bits per heavy atom. The number of nitrogens with zero attached hydrogens (tertiary/aromatic N) is 1. The van der Waals surface area contributed by atoms with Crippen molar-refractivity contribution < 1.29 is 27.9 Å². The lowest BCUT2D eigenvalue weighted by Gasteiger charge is -2.42. The summed E-state index contributed by atoms with van der Waals surface area (Å²) >= 11 is 6.40. The molecule has 7 atom stereocenters. The number of amides is 1. The Hall–Kier alpha value is -2.52. The van der Waals surface area contributed by atoms with Crippen LogP contribution in [0.5, 0.6) is 5.75 Å². The number of halogens is 1. The number of rotatable bonds is 2. The van der Waals surface area contributed by atoms with Gasteiger partial charge in [-0.3, -0.25) is 9.59 Å². The lowest BCUT2D eigenvalue weighted by molar-refractivity contribution is -0.138. The molecule has 4 aliphatic rings. The lowest BCUT2D eigenvalue weighted by atomic mass is 9.69. The predicted octanol–water partition coefficient (Wildman–Crippen LogP) is 6.76. The molecule has 10 heteroatoms. The molecule has 0 radical (unpaired) electrons. The number of sulfonamides is 1. The summed E-state index contributed by atoms with van der Waals surface area (Å²) in [6.45, 7) is 7.68. The van der Waals surface area contributed by atoms with Gasteiger partial charge in [-0.1, -0.05) is 44.0 Å². The molecule has 2 bridgehead atoms. The van der Waals surface area contributed by atoms with Crippen molar-refractivity contribution in [3.63, 3.8) is 0 Å². The van der Waals surface area contributed by atoms with Crippen molar-refractivity contribution in [2.45, 2.75) is 83.8 Å². The lowest BCUT2D eigenvalue weighted by Crippen LogP contribution is -2.41. The van der Waals surface area contributed by atoms with Crippen LogP contribution in [0.3, 0.4) is 0 Å². The number of benzene rings is 1. The van der Waals surface area contributed by atoms with Gasteiger partial charge in [0.15, 0.2) is 0 Å². The summed E-state index contributed by atoms with van der Waals surface area (Å²) < 4.78 is 35.6. The highest BCUT2D eigenvalue weighted by Gasteiger charge is 2.37. The molecule has 2 aliphatic carbocycles. The van der Waals surface area contributed by atoms with E-state index in [9.17, 15) is 23.1 Å². The molecule has 0 spiro atoms. The summed E-state index contributed by atoms with van der Waals surface area (Å²) in [6.07, 6.45) is 13.6. The van der Waals surface area contributed by atoms with Gasteiger partial charge in [0.25, 0.3) is 5.91 Å². The van der Waals surface area contributed by atoms with Crippen molar-refractivity contribution in [2.75, 3.05) is 24.6 Å². The van der Waals surface area contributed by atoms with Crippen LogP contribution in [0.2, 0.25) is 0 Å². The molecule has 44 heavy (non-hydrogen) atoms. The van der Waals surface area contributed by atoms with Crippen LogP contribution in [0.15, 0.2) is 41.5 Å². The third-order valence-electron chi connectivity index (χ3n) is 10.8. The van der Waals surface area contributed by atoms with Crippen LogP contribution in [0.1, 0.15) is 88.9 Å². The summed E-state index contributed by atoms with van der Waals surface area (Å²) in [7, 11) is -4.00. The summed E-state index contributed by atoms with van der Waals surface area (Å²) in [4.78, 5) is 27.5. The first-order chi connectivity index (χ1) is 20.8. The molecule has 1 saturated carbocycles. The zero-order valence-corrected chi connectivity index (χ0v) is 27.7. The number of anilines is 1. The maximum atomic E-state index is 13.4. The van der Waals surface area contributed by atoms with Crippen LogP contribution in [-0.4, -0.2) is 50.3 Å². The Morgan fingerprint density at radius 3 is 2.61 bits per heavy atom. The van der Waals surface area contributed by atoms with E-state index in [0.717, 1.165) is 68.8 Å². The topological polar surface area (TPSA) is 113 Å². The van der Waals surface area contributed by atoms with Gasteiger partial charge in [0, 0.05) is 35.5 Å². The quantitative estimate of drug-likeness (QED) is 0.365. The Kier molecular flexibility index (Phi) is 10.0. The Labute approximate surface area is 267 Å². The van der Waals surface area contributed by atoms with Crippen LogP contribution >= 0.6 is 11.6 Å². The highest BCUT2D eigenvalue weighted by molar-refractivity contribution is 7.90. The molecule has 1 aromatic rings. The average molecular weight is 647 g/mol. The van der Waals surface area contributed by atoms with Gasteiger partial charge in [-0.25, -0.2) is 13.1 Å². The standard InChI is InChI=1S/C34H47ClN2O6S/c1-22-16-24(17-32(38)39)7-8-25-9-10-27(25)20-37-15-5-4-6-28-19-29(35)13-14-34(28,3)21-43-31-12-11-26(18-30(31)37)33(40)36-44(41,42)23(22)2/h11-14,18-19,22-25,27-28H,4-10,15-17,20-21H2,1-3H3,(H,36,40)(H,38,39)/t22-,23+,24-,25+,27-,28?,34?/m0/s1. The Balaban J connectivity index is 1.50. The third kappa shape index (κ3) is 7.47. The van der Waals surface area contributed by atoms with E-state index in [0.29, 0.717) is 30.6 Å². The van der Waals surface area contributed by atoms with Crippen molar-refractivity contribution in [3.8, 4) is 5.75 Å². The zero-order valence-electron chi connectivity index (χ0n) is 26.1. The highest BCUT2D eigenvalue weighted by atomic mass is 35.5. The van der Waals surface area contributed by atoms with Crippen LogP contribution in [0, 0.1) is 35.0 Å². The summed E-state index contributed by atoms with van der Waals surface area (Å²) in [5, 5.41) is 9.50. The highest BCUT2D eigenvalue weighted by Crippen LogP contribution is 2.44. The first-order valence-electron chi connectivity index (χ1n) is 16.2. The predicted molar refractivity (Wildman–Crippen MR) is 173 cm³/mol. The summed E-state index contributed by atoms with van der Waals surface area (Å²) in [6, 6.07) is 5.24. The molecule has 2 unspecified atom stereocenters. The SMILES string of the molecule is C[C@@H]1[C@@H](C)C[C@@H](CC(=O)O)CC[C@@H]2CC[C@H]2CN2CCCCC3C=C(Cl)C=CC3(C)COc3ccc(cc32)C(=O)NS1(=O)=O. The number of carboxylic acid groups (broad SMARTS) is 1. The molecule has 2 N–H and O–H groups in total. The van der Waals surface area contributed by atoms with Crippen molar-refractivity contribution in [2.24, 2.45) is 35.0 Å². The van der Waals surface area contributed by atoms with Gasteiger partial charge in [-0.15, -0.1) is 0 Å². The first-order valence-corrected chi connectivity index (χ1v) is 18.1. The van der Waals surface area contributed by atoms with Crippen molar-refractivity contribution in [1.29, 1.82) is 0 Å². The summed E-state index contributed by atoms with van der Waals surface area (Å²) in [5.41, 5.74) is 0.850. The number of nitrogens with one attached hydrogen (secondary N) is 1. The zero-order chi connectivity index (χ0) is 31.6. The fourth-order valence-corrected chi connectivity index (χ4v) is 8.98. The number of ether oxygens (including phenoxy) is 1. The third-order valence-corrected chi connectivity index (χ3v) is 13.0. The van der Waals surface area contributed by atoms with Crippen LogP contribution in [0.4, 0.5) is 5.69 Å².